The number of anilines is 1. The number of hydrogen-bond acceptors (Lipinski definition) is 6. The highest BCUT2D eigenvalue weighted by Gasteiger charge is 2.36. The summed E-state index contributed by atoms with van der Waals surface area (Å²) < 4.78 is 16.2. The van der Waals surface area contributed by atoms with Crippen molar-refractivity contribution in [1.82, 2.24) is 5.32 Å². The van der Waals surface area contributed by atoms with E-state index in [0.717, 1.165) is 5.56 Å². The van der Waals surface area contributed by atoms with Gasteiger partial charge in [0, 0.05) is 24.7 Å². The van der Waals surface area contributed by atoms with Gasteiger partial charge in [-0.25, -0.2) is 0 Å². The minimum Gasteiger partial charge on any atom is -0.486 e. The lowest BCUT2D eigenvalue weighted by molar-refractivity contribution is -0.144. The van der Waals surface area contributed by atoms with Crippen LogP contribution in [0.3, 0.4) is 0 Å². The van der Waals surface area contributed by atoms with Crippen molar-refractivity contribution in [1.29, 1.82) is 0 Å². The second-order valence-corrected chi connectivity index (χ2v) is 7.71. The monoisotopic (exact) mass is 438 g/mol. The molecule has 1 N–H and O–H groups in total. The number of rotatable bonds is 7. The highest BCUT2D eigenvalue weighted by Crippen LogP contribution is 2.36. The van der Waals surface area contributed by atoms with E-state index >= 15 is 0 Å². The van der Waals surface area contributed by atoms with E-state index in [-0.39, 0.29) is 43.8 Å². The lowest BCUT2D eigenvalue weighted by Crippen LogP contribution is -2.36. The molecule has 2 unspecified atom stereocenters. The summed E-state index contributed by atoms with van der Waals surface area (Å²) in [5, 5.41) is 2.94. The second-order valence-electron chi connectivity index (χ2n) is 7.71. The molecule has 4 rings (SSSR count). The summed E-state index contributed by atoms with van der Waals surface area (Å²) in [7, 11) is 0. The number of carbonyl (C=O) groups is 3. The average Bonchev–Trinajstić information content (AvgIpc) is 3.21. The predicted molar refractivity (Wildman–Crippen MR) is 116 cm³/mol. The summed E-state index contributed by atoms with van der Waals surface area (Å²) >= 11 is 0. The number of nitrogens with zero attached hydrogens (tertiary/aromatic N) is 1. The molecule has 2 amide bonds. The molecule has 0 spiro atoms. The molecule has 2 aliphatic rings. The van der Waals surface area contributed by atoms with E-state index in [2.05, 4.69) is 5.32 Å². The number of benzene rings is 2. The third-order valence-corrected chi connectivity index (χ3v) is 5.53. The molecule has 2 aromatic carbocycles. The summed E-state index contributed by atoms with van der Waals surface area (Å²) in [6.45, 7) is 3.22. The van der Waals surface area contributed by atoms with Crippen LogP contribution in [0.5, 0.6) is 11.5 Å². The Bertz CT molecular complexity index is 993. The molecule has 0 aliphatic carbocycles. The third-order valence-electron chi connectivity index (χ3n) is 5.53. The van der Waals surface area contributed by atoms with E-state index in [0.29, 0.717) is 30.4 Å². The SMILES string of the molecule is CCOC(=O)CC(NC(=O)C1CC(=O)N(c2ccc3c(c2)OCCO3)C1)c1ccccc1. The van der Waals surface area contributed by atoms with Gasteiger partial charge in [-0.2, -0.15) is 0 Å². The Hall–Kier alpha value is -3.55. The molecule has 1 fully saturated rings. The van der Waals surface area contributed by atoms with Gasteiger partial charge < -0.3 is 24.4 Å². The largest absolute Gasteiger partial charge is 0.486 e. The zero-order valence-corrected chi connectivity index (χ0v) is 17.9. The van der Waals surface area contributed by atoms with Crippen molar-refractivity contribution in [2.75, 3.05) is 31.3 Å². The summed E-state index contributed by atoms with van der Waals surface area (Å²) in [5.74, 6) is -0.0789. The van der Waals surface area contributed by atoms with Crippen molar-refractivity contribution in [3.05, 3.63) is 54.1 Å². The molecule has 1 saturated heterocycles. The van der Waals surface area contributed by atoms with Crippen LogP contribution in [0.2, 0.25) is 0 Å². The van der Waals surface area contributed by atoms with Crippen LogP contribution in [0.15, 0.2) is 48.5 Å². The van der Waals surface area contributed by atoms with E-state index in [4.69, 9.17) is 14.2 Å². The van der Waals surface area contributed by atoms with Crippen LogP contribution in [0, 0.1) is 5.92 Å². The van der Waals surface area contributed by atoms with Crippen LogP contribution in [-0.2, 0) is 19.1 Å². The number of hydrogen-bond donors (Lipinski definition) is 1. The molecule has 8 heteroatoms. The van der Waals surface area contributed by atoms with Crippen molar-refractivity contribution in [3.8, 4) is 11.5 Å². The summed E-state index contributed by atoms with van der Waals surface area (Å²) in [6.07, 6.45) is 0.122. The Morgan fingerprint density at radius 2 is 1.88 bits per heavy atom. The van der Waals surface area contributed by atoms with Gasteiger partial charge in [0.25, 0.3) is 0 Å². The number of amides is 2. The fraction of sp³-hybridized carbons (Fsp3) is 0.375. The molecule has 0 aromatic heterocycles. The van der Waals surface area contributed by atoms with Gasteiger partial charge in [0.15, 0.2) is 11.5 Å². The first-order valence-electron chi connectivity index (χ1n) is 10.8. The number of fused-ring (bicyclic) bond motifs is 1. The van der Waals surface area contributed by atoms with E-state index in [9.17, 15) is 14.4 Å². The first kappa shape index (κ1) is 21.7. The fourth-order valence-electron chi connectivity index (χ4n) is 3.95. The first-order chi connectivity index (χ1) is 15.5. The second kappa shape index (κ2) is 9.72. The first-order valence-corrected chi connectivity index (χ1v) is 10.8. The van der Waals surface area contributed by atoms with Crippen LogP contribution >= 0.6 is 0 Å². The van der Waals surface area contributed by atoms with Crippen LogP contribution in [0.4, 0.5) is 5.69 Å². The van der Waals surface area contributed by atoms with E-state index in [1.54, 1.807) is 30.0 Å². The van der Waals surface area contributed by atoms with Crippen LogP contribution < -0.4 is 19.7 Å². The Labute approximate surface area is 186 Å². The molecule has 32 heavy (non-hydrogen) atoms. The van der Waals surface area contributed by atoms with Gasteiger partial charge in [0.2, 0.25) is 11.8 Å². The lowest BCUT2D eigenvalue weighted by Gasteiger charge is -2.23. The van der Waals surface area contributed by atoms with Gasteiger partial charge in [-0.15, -0.1) is 0 Å². The lowest BCUT2D eigenvalue weighted by atomic mass is 10.0. The van der Waals surface area contributed by atoms with E-state index < -0.39 is 12.0 Å². The smallest absolute Gasteiger partial charge is 0.308 e. The average molecular weight is 438 g/mol. The van der Waals surface area contributed by atoms with Gasteiger partial charge >= 0.3 is 5.97 Å². The maximum Gasteiger partial charge on any atom is 0.308 e. The van der Waals surface area contributed by atoms with Gasteiger partial charge in [0.05, 0.1) is 25.0 Å². The number of nitrogens with one attached hydrogen (secondary N) is 1. The molecule has 2 atom stereocenters. The van der Waals surface area contributed by atoms with Crippen LogP contribution in [-0.4, -0.2) is 44.1 Å². The number of esters is 1. The Kier molecular flexibility index (Phi) is 6.58. The maximum atomic E-state index is 13.0. The normalized spacial score (nSPS) is 18.2. The highest BCUT2D eigenvalue weighted by atomic mass is 16.6. The molecule has 2 heterocycles. The van der Waals surface area contributed by atoms with Crippen LogP contribution in [0.25, 0.3) is 0 Å². The Morgan fingerprint density at radius 3 is 2.62 bits per heavy atom. The van der Waals surface area contributed by atoms with Gasteiger partial charge in [-0.1, -0.05) is 30.3 Å². The zero-order valence-electron chi connectivity index (χ0n) is 17.9. The standard InChI is InChI=1S/C24H26N2O6/c1-2-30-23(28)14-19(16-6-4-3-5-7-16)25-24(29)17-12-22(27)26(15-17)18-8-9-20-21(13-18)32-11-10-31-20/h3-9,13,17,19H,2,10-12,14-15H2,1H3,(H,25,29). The molecule has 8 nitrogen and oxygen atoms in total. The molecule has 0 bridgehead atoms. The zero-order chi connectivity index (χ0) is 22.5. The number of carbonyl (C=O) groups excluding carboxylic acids is 3. The van der Waals surface area contributed by atoms with Crippen molar-refractivity contribution >= 4 is 23.5 Å². The molecule has 2 aliphatic heterocycles. The molecular weight excluding hydrogens is 412 g/mol. The quantitative estimate of drug-likeness (QED) is 0.668. The summed E-state index contributed by atoms with van der Waals surface area (Å²) in [5.41, 5.74) is 1.47. The molecule has 0 saturated carbocycles. The Morgan fingerprint density at radius 1 is 1.12 bits per heavy atom. The molecular formula is C24H26N2O6. The Balaban J connectivity index is 1.45. The van der Waals surface area contributed by atoms with E-state index in [1.807, 2.05) is 30.3 Å². The van der Waals surface area contributed by atoms with Crippen LogP contribution in [0.1, 0.15) is 31.4 Å². The minimum absolute atomic E-state index is 0.0239. The van der Waals surface area contributed by atoms with Gasteiger partial charge in [0.1, 0.15) is 13.2 Å². The van der Waals surface area contributed by atoms with Crippen molar-refractivity contribution < 1.29 is 28.6 Å². The summed E-state index contributed by atoms with van der Waals surface area (Å²) in [6, 6.07) is 14.1. The predicted octanol–water partition coefficient (Wildman–Crippen LogP) is 2.62. The molecule has 168 valence electrons. The van der Waals surface area contributed by atoms with Gasteiger partial charge in [-0.05, 0) is 24.6 Å². The third kappa shape index (κ3) is 4.85. The van der Waals surface area contributed by atoms with Gasteiger partial charge in [-0.3, -0.25) is 14.4 Å². The molecule has 2 aromatic rings. The topological polar surface area (TPSA) is 94.2 Å². The highest BCUT2D eigenvalue weighted by molar-refractivity contribution is 6.00. The van der Waals surface area contributed by atoms with Crippen molar-refractivity contribution in [3.63, 3.8) is 0 Å². The maximum absolute atomic E-state index is 13.0. The van der Waals surface area contributed by atoms with Crippen molar-refractivity contribution in [2.24, 2.45) is 5.92 Å². The van der Waals surface area contributed by atoms with E-state index in [1.165, 1.54) is 0 Å². The molecule has 0 radical (unpaired) electrons. The fourth-order valence-corrected chi connectivity index (χ4v) is 3.95. The summed E-state index contributed by atoms with van der Waals surface area (Å²) in [4.78, 5) is 39.4. The minimum atomic E-state index is -0.527. The number of ether oxygens (including phenoxy) is 3. The van der Waals surface area contributed by atoms with Crippen molar-refractivity contribution in [2.45, 2.75) is 25.8 Å².